The molecule has 0 atom stereocenters. The Hall–Kier alpha value is -0.250. The van der Waals surface area contributed by atoms with E-state index in [1.165, 1.54) is 11.1 Å². The van der Waals surface area contributed by atoms with Crippen LogP contribution in [0.5, 0.6) is 5.75 Å². The van der Waals surface area contributed by atoms with Crippen molar-refractivity contribution in [3.8, 4) is 5.75 Å². The standard InChI is InChI=1S/C10H12BrNO.ClH/c1-13-10-5-8(11)4-7-2-3-12-6-9(7)10;/h4-5,12H,2-3,6H2,1H3;1H. The predicted octanol–water partition coefficient (Wildman–Crippen LogP) is 2.53. The Kier molecular flexibility index (Phi) is 4.23. The van der Waals surface area contributed by atoms with Crippen molar-refractivity contribution >= 4 is 28.3 Å². The second-order valence-electron chi connectivity index (χ2n) is 3.17. The van der Waals surface area contributed by atoms with E-state index >= 15 is 0 Å². The van der Waals surface area contributed by atoms with Crippen LogP contribution in [0.2, 0.25) is 0 Å². The third-order valence-electron chi connectivity index (χ3n) is 2.36. The van der Waals surface area contributed by atoms with Gasteiger partial charge in [-0.15, -0.1) is 12.4 Å². The summed E-state index contributed by atoms with van der Waals surface area (Å²) in [5, 5.41) is 3.34. The van der Waals surface area contributed by atoms with Crippen molar-refractivity contribution in [2.75, 3.05) is 13.7 Å². The molecule has 0 saturated carbocycles. The van der Waals surface area contributed by atoms with Crippen LogP contribution in [-0.4, -0.2) is 13.7 Å². The molecule has 0 unspecified atom stereocenters. The van der Waals surface area contributed by atoms with Crippen molar-refractivity contribution in [1.82, 2.24) is 5.32 Å². The molecule has 1 aromatic rings. The van der Waals surface area contributed by atoms with Crippen LogP contribution >= 0.6 is 28.3 Å². The summed E-state index contributed by atoms with van der Waals surface area (Å²) in [6.07, 6.45) is 1.09. The largest absolute Gasteiger partial charge is 0.496 e. The van der Waals surface area contributed by atoms with E-state index in [1.807, 2.05) is 6.07 Å². The van der Waals surface area contributed by atoms with Gasteiger partial charge >= 0.3 is 0 Å². The van der Waals surface area contributed by atoms with Gasteiger partial charge in [-0.1, -0.05) is 15.9 Å². The molecule has 0 radical (unpaired) electrons. The normalized spacial score (nSPS) is 14.1. The van der Waals surface area contributed by atoms with Gasteiger partial charge in [-0.3, -0.25) is 0 Å². The van der Waals surface area contributed by atoms with E-state index in [9.17, 15) is 0 Å². The highest BCUT2D eigenvalue weighted by Gasteiger charge is 2.13. The third-order valence-corrected chi connectivity index (χ3v) is 2.82. The Labute approximate surface area is 98.6 Å². The van der Waals surface area contributed by atoms with Gasteiger partial charge < -0.3 is 10.1 Å². The molecule has 1 aliphatic rings. The monoisotopic (exact) mass is 277 g/mol. The zero-order valence-electron chi connectivity index (χ0n) is 7.97. The summed E-state index contributed by atoms with van der Waals surface area (Å²) >= 11 is 3.48. The van der Waals surface area contributed by atoms with Crippen LogP contribution in [0.25, 0.3) is 0 Å². The Morgan fingerprint density at radius 2 is 2.21 bits per heavy atom. The van der Waals surface area contributed by atoms with Gasteiger partial charge in [-0.05, 0) is 30.7 Å². The van der Waals surface area contributed by atoms with Gasteiger partial charge in [-0.2, -0.15) is 0 Å². The summed E-state index contributed by atoms with van der Waals surface area (Å²) in [7, 11) is 1.72. The molecule has 1 heterocycles. The number of benzene rings is 1. The summed E-state index contributed by atoms with van der Waals surface area (Å²) in [6.45, 7) is 1.98. The number of hydrogen-bond donors (Lipinski definition) is 1. The lowest BCUT2D eigenvalue weighted by Crippen LogP contribution is -2.24. The molecule has 0 fully saturated rings. The molecular weight excluding hydrogens is 265 g/mol. The van der Waals surface area contributed by atoms with Crippen LogP contribution in [-0.2, 0) is 13.0 Å². The number of ether oxygens (including phenoxy) is 1. The first-order chi connectivity index (χ1) is 6.31. The summed E-state index contributed by atoms with van der Waals surface area (Å²) in [5.41, 5.74) is 2.70. The summed E-state index contributed by atoms with van der Waals surface area (Å²) in [6, 6.07) is 4.20. The van der Waals surface area contributed by atoms with Crippen LogP contribution in [0.15, 0.2) is 16.6 Å². The topological polar surface area (TPSA) is 21.3 Å². The van der Waals surface area contributed by atoms with Crippen LogP contribution in [0.3, 0.4) is 0 Å². The maximum Gasteiger partial charge on any atom is 0.124 e. The highest BCUT2D eigenvalue weighted by atomic mass is 79.9. The number of methoxy groups -OCH3 is 1. The van der Waals surface area contributed by atoms with Crippen LogP contribution in [0, 0.1) is 0 Å². The van der Waals surface area contributed by atoms with E-state index in [2.05, 4.69) is 27.3 Å². The van der Waals surface area contributed by atoms with Gasteiger partial charge in [0.15, 0.2) is 0 Å². The fourth-order valence-corrected chi connectivity index (χ4v) is 2.19. The minimum absolute atomic E-state index is 0. The van der Waals surface area contributed by atoms with Gasteiger partial charge in [0.25, 0.3) is 0 Å². The molecule has 78 valence electrons. The van der Waals surface area contributed by atoms with Gasteiger partial charge in [0.05, 0.1) is 7.11 Å². The van der Waals surface area contributed by atoms with Crippen molar-refractivity contribution < 1.29 is 4.74 Å². The Balaban J connectivity index is 0.000000980. The average molecular weight is 279 g/mol. The first-order valence-electron chi connectivity index (χ1n) is 4.37. The first kappa shape index (κ1) is 11.8. The van der Waals surface area contributed by atoms with Crippen molar-refractivity contribution in [2.24, 2.45) is 0 Å². The quantitative estimate of drug-likeness (QED) is 0.852. The van der Waals surface area contributed by atoms with Crippen LogP contribution in [0.4, 0.5) is 0 Å². The molecule has 0 aliphatic carbocycles. The van der Waals surface area contributed by atoms with Gasteiger partial charge in [-0.25, -0.2) is 0 Å². The van der Waals surface area contributed by atoms with Gasteiger partial charge in [0.1, 0.15) is 5.75 Å². The molecule has 1 aromatic carbocycles. The number of hydrogen-bond acceptors (Lipinski definition) is 2. The molecule has 14 heavy (non-hydrogen) atoms. The van der Waals surface area contributed by atoms with E-state index in [4.69, 9.17) is 4.74 Å². The minimum atomic E-state index is 0. The van der Waals surface area contributed by atoms with Crippen molar-refractivity contribution in [3.05, 3.63) is 27.7 Å². The molecule has 0 saturated heterocycles. The molecule has 4 heteroatoms. The zero-order valence-corrected chi connectivity index (χ0v) is 10.4. The molecule has 1 aliphatic heterocycles. The number of fused-ring (bicyclic) bond motifs is 1. The summed E-state index contributed by atoms with van der Waals surface area (Å²) < 4.78 is 6.43. The number of rotatable bonds is 1. The average Bonchev–Trinajstić information content (AvgIpc) is 2.16. The van der Waals surface area contributed by atoms with Crippen molar-refractivity contribution in [3.63, 3.8) is 0 Å². The second-order valence-corrected chi connectivity index (χ2v) is 4.09. The molecule has 0 aromatic heterocycles. The number of halogens is 2. The van der Waals surface area contributed by atoms with E-state index in [1.54, 1.807) is 7.11 Å². The van der Waals surface area contributed by atoms with E-state index in [0.29, 0.717) is 0 Å². The molecule has 2 rings (SSSR count). The maximum absolute atomic E-state index is 5.32. The van der Waals surface area contributed by atoms with Crippen molar-refractivity contribution in [2.45, 2.75) is 13.0 Å². The lowest BCUT2D eigenvalue weighted by Gasteiger charge is -2.19. The highest BCUT2D eigenvalue weighted by molar-refractivity contribution is 9.10. The second kappa shape index (κ2) is 5.01. The third kappa shape index (κ3) is 2.22. The molecule has 0 spiro atoms. The fraction of sp³-hybridized carbons (Fsp3) is 0.400. The van der Waals surface area contributed by atoms with Gasteiger partial charge in [0, 0.05) is 16.6 Å². The zero-order chi connectivity index (χ0) is 9.26. The minimum Gasteiger partial charge on any atom is -0.496 e. The molecular formula is C10H13BrClNO. The highest BCUT2D eigenvalue weighted by Crippen LogP contribution is 2.29. The Morgan fingerprint density at radius 3 is 2.93 bits per heavy atom. The number of nitrogens with one attached hydrogen (secondary N) is 1. The van der Waals surface area contributed by atoms with E-state index < -0.39 is 0 Å². The molecule has 0 amide bonds. The van der Waals surface area contributed by atoms with E-state index in [-0.39, 0.29) is 12.4 Å². The lowest BCUT2D eigenvalue weighted by molar-refractivity contribution is 0.404. The Bertz CT molecular complexity index is 313. The summed E-state index contributed by atoms with van der Waals surface area (Å²) in [5.74, 6) is 0.983. The maximum atomic E-state index is 5.32. The van der Waals surface area contributed by atoms with Crippen LogP contribution in [0.1, 0.15) is 11.1 Å². The molecule has 1 N–H and O–H groups in total. The molecule has 2 nitrogen and oxygen atoms in total. The fourth-order valence-electron chi connectivity index (χ4n) is 1.71. The predicted molar refractivity (Wildman–Crippen MR) is 63.4 cm³/mol. The van der Waals surface area contributed by atoms with Gasteiger partial charge in [0.2, 0.25) is 0 Å². The van der Waals surface area contributed by atoms with Crippen LogP contribution < -0.4 is 10.1 Å². The molecule has 0 bridgehead atoms. The SMILES string of the molecule is COc1cc(Br)cc2c1CNCC2.Cl. The summed E-state index contributed by atoms with van der Waals surface area (Å²) in [4.78, 5) is 0. The first-order valence-corrected chi connectivity index (χ1v) is 5.16. The smallest absolute Gasteiger partial charge is 0.124 e. The Morgan fingerprint density at radius 1 is 1.43 bits per heavy atom. The lowest BCUT2D eigenvalue weighted by atomic mass is 10.0. The van der Waals surface area contributed by atoms with Crippen molar-refractivity contribution in [1.29, 1.82) is 0 Å². The van der Waals surface area contributed by atoms with E-state index in [0.717, 1.165) is 29.7 Å².